The second-order valence-corrected chi connectivity index (χ2v) is 11.2. The summed E-state index contributed by atoms with van der Waals surface area (Å²) in [6.07, 6.45) is 0. The highest BCUT2D eigenvalue weighted by Crippen LogP contribution is 2.56. The molecule has 8 aromatic rings. The van der Waals surface area contributed by atoms with Gasteiger partial charge in [-0.1, -0.05) is 91.0 Å². The average Bonchev–Trinajstić information content (AvgIpc) is 3.48. The van der Waals surface area contributed by atoms with Crippen molar-refractivity contribution in [3.05, 3.63) is 127 Å². The van der Waals surface area contributed by atoms with Crippen LogP contribution in [0.2, 0.25) is 0 Å². The Hall–Kier alpha value is -5.30. The predicted molar refractivity (Wildman–Crippen MR) is 176 cm³/mol. The molecule has 0 spiro atoms. The zero-order chi connectivity index (χ0) is 28.8. The zero-order valence-corrected chi connectivity index (χ0v) is 23.3. The molecule has 43 heavy (non-hydrogen) atoms. The van der Waals surface area contributed by atoms with Gasteiger partial charge >= 0.3 is 7.12 Å². The van der Waals surface area contributed by atoms with Crippen LogP contribution in [-0.2, 0) is 0 Å². The molecule has 0 amide bonds. The van der Waals surface area contributed by atoms with Gasteiger partial charge < -0.3 is 23.9 Å². The molecule has 3 heterocycles. The Morgan fingerprint density at radius 2 is 1.16 bits per heavy atom. The average molecular weight is 556 g/mol. The third kappa shape index (κ3) is 3.36. The van der Waals surface area contributed by atoms with Gasteiger partial charge in [0.25, 0.3) is 0 Å². The maximum atomic E-state index is 10.1. The summed E-state index contributed by atoms with van der Waals surface area (Å²) >= 11 is 0. The minimum absolute atomic E-state index is 0.355. The molecular weight excluding hydrogens is 531 g/mol. The van der Waals surface area contributed by atoms with Gasteiger partial charge in [-0.25, -0.2) is 0 Å². The number of para-hydroxylation sites is 6. The summed E-state index contributed by atoms with van der Waals surface area (Å²) in [5.41, 5.74) is 11.8. The normalized spacial score (nSPS) is 12.5. The SMILES string of the molecule is Cc1c(-c2ccccc2N2c3ccccc32)ccc2c3ccccc3n(-c3cccc4c3oc3c(B(O)O)cccc34)c12. The largest absolute Gasteiger partial charge is 0.492 e. The lowest BCUT2D eigenvalue weighted by atomic mass is 9.79. The van der Waals surface area contributed by atoms with Gasteiger partial charge in [-0.15, -0.1) is 0 Å². The van der Waals surface area contributed by atoms with Crippen LogP contribution < -0.4 is 10.4 Å². The van der Waals surface area contributed by atoms with Crippen LogP contribution in [0, 0.1) is 6.92 Å². The molecule has 1 aliphatic rings. The summed E-state index contributed by atoms with van der Waals surface area (Å²) < 4.78 is 8.80. The van der Waals surface area contributed by atoms with E-state index in [4.69, 9.17) is 4.42 Å². The molecule has 1 aliphatic heterocycles. The van der Waals surface area contributed by atoms with E-state index >= 15 is 0 Å². The molecular formula is C37H25BN2O3. The Bertz CT molecular complexity index is 2400. The molecule has 2 N–H and O–H groups in total. The number of furan rings is 1. The molecule has 0 atom stereocenters. The van der Waals surface area contributed by atoms with E-state index in [1.807, 2.05) is 24.3 Å². The molecule has 0 aliphatic carbocycles. The highest BCUT2D eigenvalue weighted by Gasteiger charge is 2.32. The van der Waals surface area contributed by atoms with Crippen LogP contribution in [0.25, 0.3) is 60.6 Å². The van der Waals surface area contributed by atoms with Gasteiger partial charge in [-0.05, 0) is 48.4 Å². The van der Waals surface area contributed by atoms with E-state index in [1.165, 1.54) is 44.5 Å². The van der Waals surface area contributed by atoms with Crippen molar-refractivity contribution in [2.45, 2.75) is 6.92 Å². The van der Waals surface area contributed by atoms with E-state index < -0.39 is 7.12 Å². The van der Waals surface area contributed by atoms with Crippen molar-refractivity contribution in [3.63, 3.8) is 0 Å². The number of fused-ring (bicyclic) bond motifs is 7. The number of hydrogen-bond donors (Lipinski definition) is 2. The number of hydrogen-bond acceptors (Lipinski definition) is 4. The number of anilines is 3. The van der Waals surface area contributed by atoms with Crippen molar-refractivity contribution in [1.29, 1.82) is 0 Å². The van der Waals surface area contributed by atoms with Crippen molar-refractivity contribution in [1.82, 2.24) is 4.57 Å². The zero-order valence-electron chi connectivity index (χ0n) is 23.3. The van der Waals surface area contributed by atoms with Gasteiger partial charge in [0, 0.05) is 32.6 Å². The third-order valence-corrected chi connectivity index (χ3v) is 8.89. The van der Waals surface area contributed by atoms with Crippen LogP contribution in [0.1, 0.15) is 5.56 Å². The maximum Gasteiger partial charge on any atom is 0.492 e. The lowest BCUT2D eigenvalue weighted by Gasteiger charge is -2.16. The van der Waals surface area contributed by atoms with E-state index in [0.717, 1.165) is 27.5 Å². The summed E-state index contributed by atoms with van der Waals surface area (Å²) in [5.74, 6) is 0. The monoisotopic (exact) mass is 556 g/mol. The molecule has 9 rings (SSSR count). The lowest BCUT2D eigenvalue weighted by molar-refractivity contribution is 0.425. The molecule has 0 unspecified atom stereocenters. The van der Waals surface area contributed by atoms with Gasteiger partial charge in [0.05, 0.1) is 33.8 Å². The van der Waals surface area contributed by atoms with Crippen molar-refractivity contribution in [3.8, 4) is 16.8 Å². The van der Waals surface area contributed by atoms with E-state index in [0.29, 0.717) is 16.6 Å². The fourth-order valence-corrected chi connectivity index (χ4v) is 6.93. The molecule has 2 aromatic heterocycles. The van der Waals surface area contributed by atoms with Gasteiger partial charge in [0.1, 0.15) is 5.58 Å². The molecule has 0 bridgehead atoms. The number of aromatic nitrogens is 1. The standard InChI is InChI=1S/C37H25BN2O3/c1-22-23(24-10-2-4-15-30(24)39-32-17-6-7-18-33(32)39)20-21-26-25-11-3-5-16-31(25)40(35(22)26)34-19-9-13-28-27-12-8-14-29(38(41)42)36(27)43-37(28)34/h2-21,41-42H,1H3. The summed E-state index contributed by atoms with van der Waals surface area (Å²) in [7, 11) is -1.63. The summed E-state index contributed by atoms with van der Waals surface area (Å²) in [6, 6.07) is 41.7. The number of rotatable bonds is 4. The van der Waals surface area contributed by atoms with Crippen LogP contribution >= 0.6 is 0 Å². The number of aryl methyl sites for hydroxylation is 1. The first-order valence-electron chi connectivity index (χ1n) is 14.4. The Morgan fingerprint density at radius 3 is 1.95 bits per heavy atom. The smallest absolute Gasteiger partial charge is 0.454 e. The Balaban J connectivity index is 1.35. The number of benzene rings is 6. The second-order valence-electron chi connectivity index (χ2n) is 11.2. The first-order chi connectivity index (χ1) is 21.1. The van der Waals surface area contributed by atoms with Crippen molar-refractivity contribution < 1.29 is 14.5 Å². The van der Waals surface area contributed by atoms with Crippen molar-refractivity contribution >= 4 is 73.4 Å². The summed E-state index contributed by atoms with van der Waals surface area (Å²) in [6.45, 7) is 2.21. The van der Waals surface area contributed by atoms with Crippen LogP contribution in [0.3, 0.4) is 0 Å². The Labute approximate surface area is 247 Å². The fraction of sp³-hybridized carbons (Fsp3) is 0.0270. The molecule has 0 fully saturated rings. The predicted octanol–water partition coefficient (Wildman–Crippen LogP) is 8.12. The second kappa shape index (κ2) is 8.85. The van der Waals surface area contributed by atoms with E-state index in [1.54, 1.807) is 6.07 Å². The quantitative estimate of drug-likeness (QED) is 0.170. The van der Waals surface area contributed by atoms with E-state index in [2.05, 4.69) is 107 Å². The van der Waals surface area contributed by atoms with Gasteiger partial charge in [-0.2, -0.15) is 0 Å². The first-order valence-corrected chi connectivity index (χ1v) is 14.4. The van der Waals surface area contributed by atoms with E-state index in [-0.39, 0.29) is 0 Å². The molecule has 0 radical (unpaired) electrons. The van der Waals surface area contributed by atoms with Crippen LogP contribution in [0.5, 0.6) is 0 Å². The van der Waals surface area contributed by atoms with Crippen LogP contribution in [0.4, 0.5) is 17.1 Å². The van der Waals surface area contributed by atoms with Gasteiger partial charge in [0.2, 0.25) is 0 Å². The number of nitrogens with zero attached hydrogens (tertiary/aromatic N) is 2. The van der Waals surface area contributed by atoms with E-state index in [9.17, 15) is 10.0 Å². The van der Waals surface area contributed by atoms with Gasteiger partial charge in [-0.3, -0.25) is 0 Å². The third-order valence-electron chi connectivity index (χ3n) is 8.89. The molecule has 6 aromatic carbocycles. The molecule has 6 heteroatoms. The summed E-state index contributed by atoms with van der Waals surface area (Å²) in [4.78, 5) is 2.32. The topological polar surface area (TPSA) is 61.5 Å². The van der Waals surface area contributed by atoms with Crippen LogP contribution in [0.15, 0.2) is 126 Å². The Morgan fingerprint density at radius 1 is 0.535 bits per heavy atom. The summed E-state index contributed by atoms with van der Waals surface area (Å²) in [5, 5.41) is 24.3. The van der Waals surface area contributed by atoms with Gasteiger partial charge in [0.15, 0.2) is 5.58 Å². The molecule has 0 saturated heterocycles. The minimum Gasteiger partial charge on any atom is -0.454 e. The molecule has 5 nitrogen and oxygen atoms in total. The Kier molecular flexibility index (Phi) is 5.01. The maximum absolute atomic E-state index is 10.1. The fourth-order valence-electron chi connectivity index (χ4n) is 6.93. The molecule has 204 valence electrons. The molecule has 0 saturated carbocycles. The van der Waals surface area contributed by atoms with Crippen molar-refractivity contribution in [2.24, 2.45) is 0 Å². The van der Waals surface area contributed by atoms with Crippen LogP contribution in [-0.4, -0.2) is 21.7 Å². The lowest BCUT2D eigenvalue weighted by Crippen LogP contribution is -2.29. The first kappa shape index (κ1) is 24.3. The minimum atomic E-state index is -1.63. The highest BCUT2D eigenvalue weighted by atomic mass is 16.4. The highest BCUT2D eigenvalue weighted by molar-refractivity contribution is 6.61. The van der Waals surface area contributed by atoms with Crippen molar-refractivity contribution in [2.75, 3.05) is 4.90 Å².